The van der Waals surface area contributed by atoms with E-state index in [0.717, 1.165) is 66.8 Å². The topological polar surface area (TPSA) is 67.8 Å². The summed E-state index contributed by atoms with van der Waals surface area (Å²) in [6.45, 7) is 3.48. The summed E-state index contributed by atoms with van der Waals surface area (Å²) in [6.07, 6.45) is 3.54. The number of carbonyl (C=O) groups is 1. The van der Waals surface area contributed by atoms with Crippen LogP contribution in [0.1, 0.15) is 57.8 Å². The fourth-order valence-electron chi connectivity index (χ4n) is 4.74. The predicted octanol–water partition coefficient (Wildman–Crippen LogP) is 5.74. The van der Waals surface area contributed by atoms with Crippen molar-refractivity contribution in [3.05, 3.63) is 94.3 Å². The maximum Gasteiger partial charge on any atom is 0.335 e. The van der Waals surface area contributed by atoms with Gasteiger partial charge in [0.05, 0.1) is 18.8 Å². The Labute approximate surface area is 205 Å². The summed E-state index contributed by atoms with van der Waals surface area (Å²) in [5, 5.41) is 13.0. The standard InChI is InChI=1S/C29H32FNO4/c1-19-9-11-21(17-24(19)29(32)33)25-18-22(35-27-8-4-3-7-23(25)27)6-5-14-31-15-13-20-10-12-26(30)28(16-20)34-2/h3-4,7-12,16-17,22,25,31H,5-6,13-15,18H2,1-2H3,(H,32,33)/t22-,25-/m0/s1. The second-order valence-corrected chi connectivity index (χ2v) is 9.06. The molecule has 0 saturated heterocycles. The van der Waals surface area contributed by atoms with Crippen molar-refractivity contribution in [3.8, 4) is 11.5 Å². The van der Waals surface area contributed by atoms with Crippen LogP contribution in [0.2, 0.25) is 0 Å². The van der Waals surface area contributed by atoms with Crippen LogP contribution in [-0.2, 0) is 6.42 Å². The summed E-state index contributed by atoms with van der Waals surface area (Å²) in [4.78, 5) is 11.7. The molecule has 1 heterocycles. The molecular formula is C29H32FNO4. The molecule has 0 amide bonds. The first-order chi connectivity index (χ1) is 17.0. The summed E-state index contributed by atoms with van der Waals surface area (Å²) in [7, 11) is 1.47. The number of carboxylic acids is 1. The Morgan fingerprint density at radius 3 is 2.77 bits per heavy atom. The Kier molecular flexibility index (Phi) is 8.03. The van der Waals surface area contributed by atoms with Gasteiger partial charge in [-0.1, -0.05) is 36.4 Å². The molecule has 2 N–H and O–H groups in total. The molecule has 0 unspecified atom stereocenters. The molecule has 2 atom stereocenters. The zero-order valence-electron chi connectivity index (χ0n) is 20.2. The number of nitrogens with one attached hydrogen (secondary N) is 1. The van der Waals surface area contributed by atoms with Crippen molar-refractivity contribution in [2.75, 3.05) is 20.2 Å². The molecule has 4 rings (SSSR count). The average molecular weight is 478 g/mol. The lowest BCUT2D eigenvalue weighted by Crippen LogP contribution is -2.28. The first-order valence-electron chi connectivity index (χ1n) is 12.1. The van der Waals surface area contributed by atoms with Gasteiger partial charge in [0.1, 0.15) is 5.75 Å². The average Bonchev–Trinajstić information content (AvgIpc) is 2.86. The smallest absolute Gasteiger partial charge is 0.335 e. The van der Waals surface area contributed by atoms with Crippen molar-refractivity contribution in [1.29, 1.82) is 0 Å². The molecule has 1 aliphatic heterocycles. The van der Waals surface area contributed by atoms with Crippen LogP contribution in [0.25, 0.3) is 0 Å². The van der Waals surface area contributed by atoms with Crippen LogP contribution in [0.5, 0.6) is 11.5 Å². The summed E-state index contributed by atoms with van der Waals surface area (Å²) in [6, 6.07) is 18.8. The fraction of sp³-hybridized carbons (Fsp3) is 0.345. The van der Waals surface area contributed by atoms with Gasteiger partial charge in [-0.15, -0.1) is 0 Å². The maximum absolute atomic E-state index is 13.6. The van der Waals surface area contributed by atoms with Crippen LogP contribution in [0.3, 0.4) is 0 Å². The molecule has 3 aromatic rings. The van der Waals surface area contributed by atoms with Gasteiger partial charge < -0.3 is 19.9 Å². The molecular weight excluding hydrogens is 445 g/mol. The number of aryl methyl sites for hydroxylation is 1. The minimum atomic E-state index is -0.897. The minimum absolute atomic E-state index is 0.0626. The van der Waals surface area contributed by atoms with E-state index in [1.165, 1.54) is 13.2 Å². The number of fused-ring (bicyclic) bond motifs is 1. The van der Waals surface area contributed by atoms with Crippen molar-refractivity contribution in [2.24, 2.45) is 0 Å². The Morgan fingerprint density at radius 2 is 1.97 bits per heavy atom. The Bertz CT molecular complexity index is 1180. The van der Waals surface area contributed by atoms with Crippen molar-refractivity contribution < 1.29 is 23.8 Å². The maximum atomic E-state index is 13.6. The van der Waals surface area contributed by atoms with Crippen LogP contribution in [-0.4, -0.2) is 37.4 Å². The second-order valence-electron chi connectivity index (χ2n) is 9.06. The van der Waals surface area contributed by atoms with Crippen molar-refractivity contribution in [3.63, 3.8) is 0 Å². The fourth-order valence-corrected chi connectivity index (χ4v) is 4.74. The molecule has 0 aliphatic carbocycles. The molecule has 0 spiro atoms. The highest BCUT2D eigenvalue weighted by atomic mass is 19.1. The number of benzene rings is 3. The highest BCUT2D eigenvalue weighted by Gasteiger charge is 2.29. The monoisotopic (exact) mass is 477 g/mol. The number of hydrogen-bond donors (Lipinski definition) is 2. The van der Waals surface area contributed by atoms with E-state index in [1.807, 2.05) is 43.3 Å². The highest BCUT2D eigenvalue weighted by molar-refractivity contribution is 5.89. The van der Waals surface area contributed by atoms with Gasteiger partial charge in [0, 0.05) is 11.5 Å². The van der Waals surface area contributed by atoms with E-state index in [1.54, 1.807) is 12.1 Å². The molecule has 0 fully saturated rings. The summed E-state index contributed by atoms with van der Waals surface area (Å²) >= 11 is 0. The molecule has 35 heavy (non-hydrogen) atoms. The first kappa shape index (κ1) is 24.7. The number of para-hydroxylation sites is 1. The molecule has 5 nitrogen and oxygen atoms in total. The second kappa shape index (κ2) is 11.4. The van der Waals surface area contributed by atoms with Crippen LogP contribution in [0, 0.1) is 12.7 Å². The predicted molar refractivity (Wildman–Crippen MR) is 134 cm³/mol. The largest absolute Gasteiger partial charge is 0.494 e. The van der Waals surface area contributed by atoms with Gasteiger partial charge >= 0.3 is 5.97 Å². The van der Waals surface area contributed by atoms with E-state index < -0.39 is 5.97 Å². The van der Waals surface area contributed by atoms with Crippen LogP contribution < -0.4 is 14.8 Å². The zero-order chi connectivity index (χ0) is 24.8. The van der Waals surface area contributed by atoms with E-state index >= 15 is 0 Å². The number of hydrogen-bond acceptors (Lipinski definition) is 4. The number of methoxy groups -OCH3 is 1. The third kappa shape index (κ3) is 6.01. The molecule has 184 valence electrons. The van der Waals surface area contributed by atoms with Gasteiger partial charge in [-0.2, -0.15) is 0 Å². The molecule has 6 heteroatoms. The van der Waals surface area contributed by atoms with E-state index in [4.69, 9.17) is 9.47 Å². The number of ether oxygens (including phenoxy) is 2. The zero-order valence-corrected chi connectivity index (χ0v) is 20.2. The molecule has 0 bridgehead atoms. The molecule has 0 aromatic heterocycles. The van der Waals surface area contributed by atoms with Crippen molar-refractivity contribution in [1.82, 2.24) is 5.32 Å². The van der Waals surface area contributed by atoms with E-state index in [0.29, 0.717) is 5.56 Å². The molecule has 1 aliphatic rings. The lowest BCUT2D eigenvalue weighted by atomic mass is 9.82. The lowest BCUT2D eigenvalue weighted by molar-refractivity contribution is 0.0696. The van der Waals surface area contributed by atoms with Crippen LogP contribution >= 0.6 is 0 Å². The highest BCUT2D eigenvalue weighted by Crippen LogP contribution is 2.41. The van der Waals surface area contributed by atoms with Crippen LogP contribution in [0.4, 0.5) is 4.39 Å². The number of halogens is 1. The van der Waals surface area contributed by atoms with Gasteiger partial charge in [-0.3, -0.25) is 0 Å². The number of rotatable bonds is 10. The van der Waals surface area contributed by atoms with E-state index in [2.05, 4.69) is 11.4 Å². The number of aromatic carboxylic acids is 1. The summed E-state index contributed by atoms with van der Waals surface area (Å²) in [5.41, 5.74) is 4.28. The molecule has 3 aromatic carbocycles. The lowest BCUT2D eigenvalue weighted by Gasteiger charge is -2.33. The SMILES string of the molecule is COc1cc(CCNCCC[C@H]2C[C@@H](c3ccc(C)c(C(=O)O)c3)c3ccccc3O2)ccc1F. The third-order valence-corrected chi connectivity index (χ3v) is 6.67. The van der Waals surface area contributed by atoms with Crippen molar-refractivity contribution in [2.45, 2.75) is 44.6 Å². The number of carboxylic acid groups (broad SMARTS) is 1. The summed E-state index contributed by atoms with van der Waals surface area (Å²) < 4.78 is 24.9. The Balaban J connectivity index is 1.33. The van der Waals surface area contributed by atoms with Gasteiger partial charge in [-0.05, 0) is 86.7 Å². The Hall–Kier alpha value is -3.38. The first-order valence-corrected chi connectivity index (χ1v) is 12.1. The molecule has 0 radical (unpaired) electrons. The van der Waals surface area contributed by atoms with Crippen molar-refractivity contribution >= 4 is 5.97 Å². The Morgan fingerprint density at radius 1 is 1.14 bits per heavy atom. The van der Waals surface area contributed by atoms with Crippen LogP contribution in [0.15, 0.2) is 60.7 Å². The third-order valence-electron chi connectivity index (χ3n) is 6.67. The normalized spacial score (nSPS) is 16.9. The molecule has 0 saturated carbocycles. The van der Waals surface area contributed by atoms with E-state index in [9.17, 15) is 14.3 Å². The summed E-state index contributed by atoms with van der Waals surface area (Å²) in [5.74, 6) is 0.0121. The minimum Gasteiger partial charge on any atom is -0.494 e. The van der Waals surface area contributed by atoms with Gasteiger partial charge in [-0.25, -0.2) is 9.18 Å². The van der Waals surface area contributed by atoms with Gasteiger partial charge in [0.25, 0.3) is 0 Å². The van der Waals surface area contributed by atoms with Gasteiger partial charge in [0.15, 0.2) is 11.6 Å². The quantitative estimate of drug-likeness (QED) is 0.365. The van der Waals surface area contributed by atoms with E-state index in [-0.39, 0.29) is 23.6 Å². The van der Waals surface area contributed by atoms with Gasteiger partial charge in [0.2, 0.25) is 0 Å².